The van der Waals surface area contributed by atoms with Crippen LogP contribution in [-0.4, -0.2) is 40.7 Å². The summed E-state index contributed by atoms with van der Waals surface area (Å²) in [5.41, 5.74) is 1.40. The zero-order valence-corrected chi connectivity index (χ0v) is 16.7. The van der Waals surface area contributed by atoms with Gasteiger partial charge in [-0.05, 0) is 25.5 Å². The van der Waals surface area contributed by atoms with Crippen molar-refractivity contribution in [3.8, 4) is 0 Å². The third kappa shape index (κ3) is 3.98. The van der Waals surface area contributed by atoms with E-state index in [0.29, 0.717) is 36.4 Å². The highest BCUT2D eigenvalue weighted by molar-refractivity contribution is 6.22. The summed E-state index contributed by atoms with van der Waals surface area (Å²) in [6.45, 7) is 8.19. The Morgan fingerprint density at radius 3 is 2.29 bits per heavy atom. The summed E-state index contributed by atoms with van der Waals surface area (Å²) >= 11 is 0. The molecule has 1 aliphatic rings. The number of carbonyl (C=O) groups excluding carboxylic acids is 3. The molecule has 3 amide bonds. The van der Waals surface area contributed by atoms with Crippen LogP contribution in [0.15, 0.2) is 28.7 Å². The normalized spacial score (nSPS) is 13.8. The molecule has 7 nitrogen and oxygen atoms in total. The third-order valence-electron chi connectivity index (χ3n) is 4.62. The molecule has 0 fully saturated rings. The van der Waals surface area contributed by atoms with Crippen LogP contribution in [0.2, 0.25) is 0 Å². The maximum absolute atomic E-state index is 12.3. The minimum absolute atomic E-state index is 0.149. The van der Waals surface area contributed by atoms with Crippen LogP contribution < -0.4 is 5.32 Å². The van der Waals surface area contributed by atoms with E-state index in [2.05, 4.69) is 10.3 Å². The van der Waals surface area contributed by atoms with Crippen molar-refractivity contribution in [2.24, 2.45) is 0 Å². The fraction of sp³-hybridized carbons (Fsp3) is 0.429. The van der Waals surface area contributed by atoms with E-state index in [4.69, 9.17) is 4.42 Å². The van der Waals surface area contributed by atoms with Gasteiger partial charge in [0.15, 0.2) is 5.89 Å². The van der Waals surface area contributed by atoms with E-state index >= 15 is 0 Å². The van der Waals surface area contributed by atoms with Crippen LogP contribution in [0.4, 0.5) is 0 Å². The van der Waals surface area contributed by atoms with Crippen LogP contribution in [0.25, 0.3) is 0 Å². The van der Waals surface area contributed by atoms with Crippen molar-refractivity contribution in [2.45, 2.75) is 46.0 Å². The van der Waals surface area contributed by atoms with E-state index in [-0.39, 0.29) is 17.9 Å². The molecule has 2 heterocycles. The summed E-state index contributed by atoms with van der Waals surface area (Å²) in [6.07, 6.45) is 1.33. The number of hydrogen-bond acceptors (Lipinski definition) is 5. The Hall–Kier alpha value is -2.96. The Morgan fingerprint density at radius 2 is 1.75 bits per heavy atom. The molecule has 2 aromatic rings. The Bertz CT molecular complexity index is 889. The fourth-order valence-corrected chi connectivity index (χ4v) is 3.04. The molecule has 1 aromatic heterocycles. The number of nitrogens with one attached hydrogen (secondary N) is 1. The molecular weight excluding hydrogens is 358 g/mol. The molecule has 148 valence electrons. The van der Waals surface area contributed by atoms with E-state index in [9.17, 15) is 14.4 Å². The lowest BCUT2D eigenvalue weighted by Gasteiger charge is -2.13. The molecule has 0 saturated carbocycles. The second kappa shape index (κ2) is 7.58. The van der Waals surface area contributed by atoms with E-state index in [1.807, 2.05) is 27.7 Å². The molecule has 1 aliphatic heterocycles. The maximum Gasteiger partial charge on any atom is 0.262 e. The van der Waals surface area contributed by atoms with Gasteiger partial charge in [0.2, 0.25) is 5.91 Å². The lowest BCUT2D eigenvalue weighted by Crippen LogP contribution is -2.40. The first kappa shape index (κ1) is 19.8. The molecule has 0 radical (unpaired) electrons. The number of aromatic nitrogens is 1. The smallest absolute Gasteiger partial charge is 0.262 e. The second-order valence-corrected chi connectivity index (χ2v) is 7.97. The van der Waals surface area contributed by atoms with Gasteiger partial charge in [-0.3, -0.25) is 19.3 Å². The predicted octanol–water partition coefficient (Wildman–Crippen LogP) is 2.63. The Labute approximate surface area is 164 Å². The Morgan fingerprint density at radius 1 is 1.14 bits per heavy atom. The van der Waals surface area contributed by atoms with Gasteiger partial charge in [-0.15, -0.1) is 0 Å². The topological polar surface area (TPSA) is 92.5 Å². The van der Waals surface area contributed by atoms with Crippen molar-refractivity contribution in [1.29, 1.82) is 0 Å². The van der Waals surface area contributed by atoms with Crippen LogP contribution in [0.5, 0.6) is 0 Å². The number of rotatable bonds is 6. The summed E-state index contributed by atoms with van der Waals surface area (Å²) in [5, 5.41) is 2.76. The number of carbonyl (C=O) groups is 3. The predicted molar refractivity (Wildman–Crippen MR) is 103 cm³/mol. The number of aryl methyl sites for hydroxylation is 2. The first-order valence-corrected chi connectivity index (χ1v) is 9.37. The van der Waals surface area contributed by atoms with Crippen molar-refractivity contribution in [2.75, 3.05) is 13.1 Å². The lowest BCUT2D eigenvalue weighted by molar-refractivity contribution is -0.121. The highest BCUT2D eigenvalue weighted by atomic mass is 16.4. The molecule has 1 aromatic carbocycles. The molecular formula is C21H25N3O4. The summed E-state index contributed by atoms with van der Waals surface area (Å²) in [7, 11) is 0. The molecule has 3 rings (SSSR count). The van der Waals surface area contributed by atoms with Crippen LogP contribution in [-0.2, 0) is 16.6 Å². The summed E-state index contributed by atoms with van der Waals surface area (Å²) in [6, 6.07) is 6.59. The van der Waals surface area contributed by atoms with E-state index in [1.54, 1.807) is 24.3 Å². The van der Waals surface area contributed by atoms with E-state index in [0.717, 1.165) is 16.4 Å². The molecule has 0 spiro atoms. The molecule has 28 heavy (non-hydrogen) atoms. The summed E-state index contributed by atoms with van der Waals surface area (Å²) in [5.74, 6) is 0.304. The minimum Gasteiger partial charge on any atom is -0.445 e. The first-order valence-electron chi connectivity index (χ1n) is 9.37. The number of fused-ring (bicyclic) bond motifs is 1. The minimum atomic E-state index is -0.428. The SMILES string of the molecule is Cc1nc(C(C)(C)C)oc1CCCNC(=O)CN1C(=O)c2ccccc2C1=O. The molecule has 0 unspecified atom stereocenters. The molecule has 0 bridgehead atoms. The number of amides is 3. The van der Waals surface area contributed by atoms with Gasteiger partial charge in [-0.1, -0.05) is 32.9 Å². The quantitative estimate of drug-likeness (QED) is 0.611. The van der Waals surface area contributed by atoms with E-state index in [1.165, 1.54) is 0 Å². The standard InChI is InChI=1S/C21H25N3O4/c1-13-16(28-20(23-13)21(2,3)4)10-7-11-22-17(25)12-24-18(26)14-8-5-6-9-15(14)19(24)27/h5-6,8-9H,7,10-12H2,1-4H3,(H,22,25). The largest absolute Gasteiger partial charge is 0.445 e. The number of oxazole rings is 1. The fourth-order valence-electron chi connectivity index (χ4n) is 3.04. The number of hydrogen-bond donors (Lipinski definition) is 1. The second-order valence-electron chi connectivity index (χ2n) is 7.97. The molecule has 0 aliphatic carbocycles. The number of nitrogens with zero attached hydrogens (tertiary/aromatic N) is 2. The van der Waals surface area contributed by atoms with Crippen LogP contribution >= 0.6 is 0 Å². The molecule has 0 saturated heterocycles. The van der Waals surface area contributed by atoms with Gasteiger partial charge in [0, 0.05) is 18.4 Å². The van der Waals surface area contributed by atoms with Crippen molar-refractivity contribution in [1.82, 2.24) is 15.2 Å². The number of imide groups is 1. The zero-order valence-electron chi connectivity index (χ0n) is 16.7. The Kier molecular flexibility index (Phi) is 5.36. The van der Waals surface area contributed by atoms with Gasteiger partial charge in [-0.2, -0.15) is 0 Å². The van der Waals surface area contributed by atoms with Crippen LogP contribution in [0.1, 0.15) is 65.3 Å². The Balaban J connectivity index is 1.48. The van der Waals surface area contributed by atoms with Crippen molar-refractivity contribution in [3.05, 3.63) is 52.7 Å². The lowest BCUT2D eigenvalue weighted by atomic mass is 9.97. The maximum atomic E-state index is 12.3. The highest BCUT2D eigenvalue weighted by Gasteiger charge is 2.36. The monoisotopic (exact) mass is 383 g/mol. The van der Waals surface area contributed by atoms with E-state index < -0.39 is 11.8 Å². The van der Waals surface area contributed by atoms with Crippen molar-refractivity contribution in [3.63, 3.8) is 0 Å². The summed E-state index contributed by atoms with van der Waals surface area (Å²) in [4.78, 5) is 42.2. The highest BCUT2D eigenvalue weighted by Crippen LogP contribution is 2.24. The van der Waals surface area contributed by atoms with Gasteiger partial charge < -0.3 is 9.73 Å². The summed E-state index contributed by atoms with van der Waals surface area (Å²) < 4.78 is 5.84. The van der Waals surface area contributed by atoms with Gasteiger partial charge >= 0.3 is 0 Å². The van der Waals surface area contributed by atoms with Gasteiger partial charge in [0.1, 0.15) is 12.3 Å². The van der Waals surface area contributed by atoms with Gasteiger partial charge in [0.05, 0.1) is 16.8 Å². The van der Waals surface area contributed by atoms with Crippen LogP contribution in [0, 0.1) is 6.92 Å². The average molecular weight is 383 g/mol. The van der Waals surface area contributed by atoms with Gasteiger partial charge in [0.25, 0.3) is 11.8 Å². The average Bonchev–Trinajstić information content (AvgIpc) is 3.13. The van der Waals surface area contributed by atoms with Crippen molar-refractivity contribution >= 4 is 17.7 Å². The first-order chi connectivity index (χ1) is 13.2. The number of benzene rings is 1. The molecule has 1 N–H and O–H groups in total. The third-order valence-corrected chi connectivity index (χ3v) is 4.62. The molecule has 0 atom stereocenters. The van der Waals surface area contributed by atoms with Crippen molar-refractivity contribution < 1.29 is 18.8 Å². The van der Waals surface area contributed by atoms with Crippen LogP contribution in [0.3, 0.4) is 0 Å². The molecule has 7 heteroatoms. The zero-order chi connectivity index (χ0) is 20.5. The van der Waals surface area contributed by atoms with Gasteiger partial charge in [-0.25, -0.2) is 4.98 Å².